The molecule has 0 N–H and O–H groups in total. The van der Waals surface area contributed by atoms with Gasteiger partial charge in [0, 0.05) is 5.92 Å². The summed E-state index contributed by atoms with van der Waals surface area (Å²) in [5.74, 6) is -0.504. The third-order valence-corrected chi connectivity index (χ3v) is 5.85. The van der Waals surface area contributed by atoms with Crippen molar-refractivity contribution in [2.45, 2.75) is 50.8 Å². The average molecular weight is 294 g/mol. The molecule has 0 atom stereocenters. The lowest BCUT2D eigenvalue weighted by Gasteiger charge is -2.20. The van der Waals surface area contributed by atoms with E-state index in [0.29, 0.717) is 4.90 Å². The van der Waals surface area contributed by atoms with E-state index in [-0.39, 0.29) is 17.5 Å². The number of carbonyl (C=O) groups excluding carboxylic acids is 1. The van der Waals surface area contributed by atoms with Crippen LogP contribution in [0.25, 0.3) is 0 Å². The molecule has 2 rings (SSSR count). The van der Waals surface area contributed by atoms with E-state index in [4.69, 9.17) is 0 Å². The number of hydrogen-bond acceptors (Lipinski definition) is 3. The quantitative estimate of drug-likeness (QED) is 0.856. The predicted molar refractivity (Wildman–Crippen MR) is 79.6 cm³/mol. The SMILES string of the molecule is Cc1ccc(S(=O)(=O)CC(=O)C2CCCCC2)c(C)c1. The maximum absolute atomic E-state index is 12.4. The molecule has 0 aliphatic heterocycles. The Labute approximate surface area is 121 Å². The lowest BCUT2D eigenvalue weighted by molar-refractivity contribution is -0.121. The van der Waals surface area contributed by atoms with Gasteiger partial charge >= 0.3 is 0 Å². The Bertz CT molecular complexity index is 596. The Morgan fingerprint density at radius 2 is 1.80 bits per heavy atom. The summed E-state index contributed by atoms with van der Waals surface area (Å²) in [5.41, 5.74) is 1.75. The zero-order valence-corrected chi connectivity index (χ0v) is 13.0. The van der Waals surface area contributed by atoms with Crippen molar-refractivity contribution in [1.29, 1.82) is 0 Å². The Morgan fingerprint density at radius 1 is 1.15 bits per heavy atom. The van der Waals surface area contributed by atoms with Gasteiger partial charge in [0.2, 0.25) is 0 Å². The molecule has 0 unspecified atom stereocenters. The number of carbonyl (C=O) groups is 1. The first kappa shape index (κ1) is 15.2. The van der Waals surface area contributed by atoms with E-state index in [9.17, 15) is 13.2 Å². The van der Waals surface area contributed by atoms with E-state index >= 15 is 0 Å². The Balaban J connectivity index is 2.16. The molecule has 1 aliphatic rings. The number of Topliss-reactive ketones (excluding diaryl/α,β-unsaturated/α-hetero) is 1. The minimum atomic E-state index is -3.51. The molecule has 4 heteroatoms. The van der Waals surface area contributed by atoms with Crippen LogP contribution >= 0.6 is 0 Å². The second kappa shape index (κ2) is 6.08. The van der Waals surface area contributed by atoms with Gasteiger partial charge in [0.05, 0.1) is 4.90 Å². The third kappa shape index (κ3) is 3.48. The van der Waals surface area contributed by atoms with E-state index in [0.717, 1.165) is 43.2 Å². The monoisotopic (exact) mass is 294 g/mol. The van der Waals surface area contributed by atoms with Crippen LogP contribution in [0.15, 0.2) is 23.1 Å². The van der Waals surface area contributed by atoms with Crippen LogP contribution in [0.4, 0.5) is 0 Å². The number of benzene rings is 1. The molecule has 1 aromatic rings. The molecule has 20 heavy (non-hydrogen) atoms. The molecule has 1 aromatic carbocycles. The summed E-state index contributed by atoms with van der Waals surface area (Å²) in [6.07, 6.45) is 4.94. The van der Waals surface area contributed by atoms with Crippen molar-refractivity contribution in [1.82, 2.24) is 0 Å². The highest BCUT2D eigenvalue weighted by Crippen LogP contribution is 2.26. The van der Waals surface area contributed by atoms with Crippen LogP contribution in [0.3, 0.4) is 0 Å². The van der Waals surface area contributed by atoms with E-state index in [1.807, 2.05) is 13.0 Å². The van der Waals surface area contributed by atoms with Crippen molar-refractivity contribution in [3.8, 4) is 0 Å². The minimum Gasteiger partial charge on any atom is -0.298 e. The molecule has 0 saturated heterocycles. The number of aryl methyl sites for hydroxylation is 2. The van der Waals surface area contributed by atoms with Gasteiger partial charge in [0.25, 0.3) is 0 Å². The third-order valence-electron chi connectivity index (χ3n) is 4.06. The fourth-order valence-electron chi connectivity index (χ4n) is 2.96. The minimum absolute atomic E-state index is 0.0516. The molecule has 1 fully saturated rings. The molecule has 3 nitrogen and oxygen atoms in total. The van der Waals surface area contributed by atoms with Crippen molar-refractivity contribution in [2.75, 3.05) is 5.75 Å². The van der Waals surface area contributed by atoms with Crippen LogP contribution in [-0.2, 0) is 14.6 Å². The lowest BCUT2D eigenvalue weighted by Crippen LogP contribution is -2.25. The maximum Gasteiger partial charge on any atom is 0.185 e. The first-order valence-electron chi connectivity index (χ1n) is 7.23. The van der Waals surface area contributed by atoms with Gasteiger partial charge in [0.1, 0.15) is 5.75 Å². The summed E-state index contributed by atoms with van der Waals surface area (Å²) in [7, 11) is -3.51. The number of sulfone groups is 1. The molecule has 0 aromatic heterocycles. The summed E-state index contributed by atoms with van der Waals surface area (Å²) in [4.78, 5) is 12.5. The first-order chi connectivity index (χ1) is 9.40. The summed E-state index contributed by atoms with van der Waals surface area (Å²) in [5, 5.41) is 0. The highest BCUT2D eigenvalue weighted by Gasteiger charge is 2.27. The second-order valence-electron chi connectivity index (χ2n) is 5.83. The molecular weight excluding hydrogens is 272 g/mol. The predicted octanol–water partition coefficient (Wildman–Crippen LogP) is 3.23. The summed E-state index contributed by atoms with van der Waals surface area (Å²) in [6.45, 7) is 3.71. The highest BCUT2D eigenvalue weighted by atomic mass is 32.2. The van der Waals surface area contributed by atoms with Gasteiger partial charge in [-0.2, -0.15) is 0 Å². The molecular formula is C16H22O3S. The van der Waals surface area contributed by atoms with Crippen molar-refractivity contribution in [3.63, 3.8) is 0 Å². The van der Waals surface area contributed by atoms with E-state index in [1.165, 1.54) is 0 Å². The summed E-state index contributed by atoms with van der Waals surface area (Å²) < 4.78 is 24.8. The zero-order chi connectivity index (χ0) is 14.8. The highest BCUT2D eigenvalue weighted by molar-refractivity contribution is 7.92. The molecule has 0 spiro atoms. The second-order valence-corrected chi connectivity index (χ2v) is 7.79. The van der Waals surface area contributed by atoms with Gasteiger partial charge in [-0.1, -0.05) is 37.0 Å². The number of ketones is 1. The standard InChI is InChI=1S/C16H22O3S/c1-12-8-9-16(13(2)10-12)20(18,19)11-15(17)14-6-4-3-5-7-14/h8-10,14H,3-7,11H2,1-2H3. The number of hydrogen-bond donors (Lipinski definition) is 0. The largest absolute Gasteiger partial charge is 0.298 e. The summed E-state index contributed by atoms with van der Waals surface area (Å²) >= 11 is 0. The van der Waals surface area contributed by atoms with Gasteiger partial charge in [-0.15, -0.1) is 0 Å². The van der Waals surface area contributed by atoms with Crippen molar-refractivity contribution in [2.24, 2.45) is 5.92 Å². The van der Waals surface area contributed by atoms with E-state index in [1.54, 1.807) is 19.1 Å². The fraction of sp³-hybridized carbons (Fsp3) is 0.562. The van der Waals surface area contributed by atoms with Gasteiger partial charge in [-0.3, -0.25) is 4.79 Å². The van der Waals surface area contributed by atoms with Crippen LogP contribution in [0.1, 0.15) is 43.2 Å². The summed E-state index contributed by atoms with van der Waals surface area (Å²) in [6, 6.07) is 5.25. The van der Waals surface area contributed by atoms with E-state index in [2.05, 4.69) is 0 Å². The molecule has 110 valence electrons. The smallest absolute Gasteiger partial charge is 0.185 e. The Hall–Kier alpha value is -1.16. The van der Waals surface area contributed by atoms with Crippen LogP contribution < -0.4 is 0 Å². The lowest BCUT2D eigenvalue weighted by atomic mass is 9.87. The van der Waals surface area contributed by atoms with Crippen molar-refractivity contribution < 1.29 is 13.2 Å². The van der Waals surface area contributed by atoms with Gasteiger partial charge < -0.3 is 0 Å². The van der Waals surface area contributed by atoms with Crippen LogP contribution in [0.2, 0.25) is 0 Å². The molecule has 0 radical (unpaired) electrons. The molecule has 1 saturated carbocycles. The normalized spacial score (nSPS) is 17.1. The number of rotatable bonds is 4. The van der Waals surface area contributed by atoms with E-state index < -0.39 is 9.84 Å². The van der Waals surface area contributed by atoms with Crippen LogP contribution in [-0.4, -0.2) is 20.0 Å². The van der Waals surface area contributed by atoms with Gasteiger partial charge in [-0.05, 0) is 38.3 Å². The van der Waals surface area contributed by atoms with Crippen molar-refractivity contribution in [3.05, 3.63) is 29.3 Å². The first-order valence-corrected chi connectivity index (χ1v) is 8.88. The topological polar surface area (TPSA) is 51.2 Å². The molecule has 1 aliphatic carbocycles. The van der Waals surface area contributed by atoms with Crippen LogP contribution in [0, 0.1) is 19.8 Å². The fourth-order valence-corrected chi connectivity index (χ4v) is 4.55. The van der Waals surface area contributed by atoms with Crippen molar-refractivity contribution >= 4 is 15.6 Å². The van der Waals surface area contributed by atoms with Gasteiger partial charge in [-0.25, -0.2) is 8.42 Å². The molecule has 0 amide bonds. The Morgan fingerprint density at radius 3 is 2.40 bits per heavy atom. The van der Waals surface area contributed by atoms with Gasteiger partial charge in [0.15, 0.2) is 15.6 Å². The Kier molecular flexibility index (Phi) is 4.63. The molecule has 0 heterocycles. The van der Waals surface area contributed by atoms with Crippen LogP contribution in [0.5, 0.6) is 0 Å². The average Bonchev–Trinajstić information content (AvgIpc) is 2.38. The molecule has 0 bridgehead atoms. The maximum atomic E-state index is 12.4. The zero-order valence-electron chi connectivity index (χ0n) is 12.2.